The quantitative estimate of drug-likeness (QED) is 0.575. The molecule has 0 unspecified atom stereocenters. The molecule has 0 radical (unpaired) electrons. The predicted molar refractivity (Wildman–Crippen MR) is 57.2 cm³/mol. The van der Waals surface area contributed by atoms with E-state index in [4.69, 9.17) is 34.8 Å². The minimum atomic E-state index is -0.834. The van der Waals surface area contributed by atoms with Crippen molar-refractivity contribution in [2.24, 2.45) is 0 Å². The summed E-state index contributed by atoms with van der Waals surface area (Å²) < 4.78 is 13.3. The Morgan fingerprint density at radius 2 is 1.57 bits per heavy atom. The summed E-state index contributed by atoms with van der Waals surface area (Å²) in [5.41, 5.74) is 0.368. The monoisotopic (exact) mass is 256 g/mol. The Bertz CT molecular complexity index is 348. The number of benzene rings is 1. The van der Waals surface area contributed by atoms with Crippen molar-refractivity contribution < 1.29 is 9.50 Å². The van der Waals surface area contributed by atoms with Crippen LogP contribution in [0.3, 0.4) is 0 Å². The maximum atomic E-state index is 13.3. The average Bonchev–Trinajstić information content (AvgIpc) is 2.11. The zero-order valence-corrected chi connectivity index (χ0v) is 9.80. The van der Waals surface area contributed by atoms with Crippen LogP contribution in [-0.2, 0) is 0 Å². The molecule has 78 valence electrons. The molecule has 0 atom stereocenters. The van der Waals surface area contributed by atoms with E-state index in [0.717, 1.165) is 0 Å². The minimum absolute atomic E-state index is 0.0106. The van der Waals surface area contributed by atoms with E-state index < -0.39 is 16.6 Å². The molecule has 1 N–H and O–H groups in total. The van der Waals surface area contributed by atoms with E-state index in [2.05, 4.69) is 0 Å². The van der Waals surface area contributed by atoms with Crippen LogP contribution in [0.25, 0.3) is 0 Å². The van der Waals surface area contributed by atoms with Crippen molar-refractivity contribution in [3.8, 4) is 5.75 Å². The highest BCUT2D eigenvalue weighted by atomic mass is 35.5. The van der Waals surface area contributed by atoms with Crippen LogP contribution in [0.5, 0.6) is 5.75 Å². The lowest BCUT2D eigenvalue weighted by Crippen LogP contribution is -1.95. The van der Waals surface area contributed by atoms with Gasteiger partial charge in [0.05, 0.1) is 10.0 Å². The van der Waals surface area contributed by atoms with Gasteiger partial charge in [-0.25, -0.2) is 4.39 Å². The fourth-order valence-corrected chi connectivity index (χ4v) is 2.29. The number of phenolic OH excluding ortho intramolecular Hbond substituents is 1. The van der Waals surface area contributed by atoms with Crippen LogP contribution >= 0.6 is 34.8 Å². The highest BCUT2D eigenvalue weighted by molar-refractivity contribution is 6.41. The van der Waals surface area contributed by atoms with E-state index in [9.17, 15) is 9.50 Å². The molecule has 0 saturated heterocycles. The second-order valence-electron chi connectivity index (χ2n) is 3.17. The van der Waals surface area contributed by atoms with Crippen LogP contribution < -0.4 is 0 Å². The van der Waals surface area contributed by atoms with Gasteiger partial charge in [0.25, 0.3) is 0 Å². The van der Waals surface area contributed by atoms with E-state index in [1.54, 1.807) is 13.8 Å². The maximum Gasteiger partial charge on any atom is 0.164 e. The Morgan fingerprint density at radius 3 is 2.00 bits per heavy atom. The fourth-order valence-electron chi connectivity index (χ4n) is 1.15. The van der Waals surface area contributed by atoms with Crippen molar-refractivity contribution in [2.75, 3.05) is 0 Å². The van der Waals surface area contributed by atoms with E-state index in [0.29, 0.717) is 5.56 Å². The third-order valence-electron chi connectivity index (χ3n) is 1.85. The predicted octanol–water partition coefficient (Wildman–Crippen LogP) is 4.61. The molecule has 0 aliphatic rings. The van der Waals surface area contributed by atoms with Crippen molar-refractivity contribution in [1.82, 2.24) is 0 Å². The van der Waals surface area contributed by atoms with Gasteiger partial charge in [0.15, 0.2) is 11.6 Å². The Labute approximate surface area is 96.4 Å². The summed E-state index contributed by atoms with van der Waals surface area (Å²) in [4.78, 5) is 0. The molecule has 0 saturated carbocycles. The third kappa shape index (κ3) is 1.79. The summed E-state index contributed by atoms with van der Waals surface area (Å²) >= 11 is 17.0. The molecule has 14 heavy (non-hydrogen) atoms. The summed E-state index contributed by atoms with van der Waals surface area (Å²) in [6, 6.07) is 0. The summed E-state index contributed by atoms with van der Waals surface area (Å²) in [5.74, 6) is -1.38. The second kappa shape index (κ2) is 4.13. The summed E-state index contributed by atoms with van der Waals surface area (Å²) in [6.45, 7) is 3.58. The first-order valence-electron chi connectivity index (χ1n) is 3.92. The number of aromatic hydroxyl groups is 1. The van der Waals surface area contributed by atoms with E-state index >= 15 is 0 Å². The molecule has 0 spiro atoms. The van der Waals surface area contributed by atoms with Gasteiger partial charge in [-0.3, -0.25) is 0 Å². The lowest BCUT2D eigenvalue weighted by atomic mass is 10.0. The van der Waals surface area contributed by atoms with Crippen molar-refractivity contribution in [1.29, 1.82) is 0 Å². The maximum absolute atomic E-state index is 13.3. The number of hydrogen-bond acceptors (Lipinski definition) is 1. The molecule has 0 fully saturated rings. The van der Waals surface area contributed by atoms with Crippen LogP contribution in [0.4, 0.5) is 4.39 Å². The molecule has 1 aromatic carbocycles. The first kappa shape index (κ1) is 11.9. The third-order valence-corrected chi connectivity index (χ3v) is 2.95. The van der Waals surface area contributed by atoms with Crippen molar-refractivity contribution in [2.45, 2.75) is 19.8 Å². The van der Waals surface area contributed by atoms with Gasteiger partial charge in [0.1, 0.15) is 5.02 Å². The SMILES string of the molecule is CC(C)c1c(Cl)c(O)c(Cl)c(F)c1Cl. The van der Waals surface area contributed by atoms with E-state index in [1.807, 2.05) is 0 Å². The Morgan fingerprint density at radius 1 is 1.07 bits per heavy atom. The van der Waals surface area contributed by atoms with Crippen LogP contribution in [0.15, 0.2) is 0 Å². The first-order valence-corrected chi connectivity index (χ1v) is 5.06. The van der Waals surface area contributed by atoms with Crippen molar-refractivity contribution >= 4 is 34.8 Å². The smallest absolute Gasteiger partial charge is 0.164 e. The molecule has 1 nitrogen and oxygen atoms in total. The number of phenols is 1. The zero-order valence-electron chi connectivity index (χ0n) is 7.54. The molecule has 1 aromatic rings. The van der Waals surface area contributed by atoms with Gasteiger partial charge in [-0.2, -0.15) is 0 Å². The van der Waals surface area contributed by atoms with Crippen LogP contribution in [0, 0.1) is 5.82 Å². The lowest BCUT2D eigenvalue weighted by Gasteiger charge is -2.13. The van der Waals surface area contributed by atoms with Gasteiger partial charge in [0.2, 0.25) is 0 Å². The van der Waals surface area contributed by atoms with Gasteiger partial charge in [-0.1, -0.05) is 48.7 Å². The molecule has 0 amide bonds. The highest BCUT2D eigenvalue weighted by Gasteiger charge is 2.22. The lowest BCUT2D eigenvalue weighted by molar-refractivity contribution is 0.468. The molecule has 0 aliphatic heterocycles. The normalized spacial score (nSPS) is 11.1. The summed E-state index contributed by atoms with van der Waals surface area (Å²) in [7, 11) is 0. The molecule has 1 rings (SSSR count). The molecule has 0 bridgehead atoms. The Kier molecular flexibility index (Phi) is 3.51. The highest BCUT2D eigenvalue weighted by Crippen LogP contribution is 2.44. The largest absolute Gasteiger partial charge is 0.505 e. The van der Waals surface area contributed by atoms with Gasteiger partial charge in [0, 0.05) is 0 Å². The zero-order chi connectivity index (χ0) is 11.0. The van der Waals surface area contributed by atoms with Gasteiger partial charge >= 0.3 is 0 Å². The first-order chi connectivity index (χ1) is 6.37. The number of rotatable bonds is 1. The van der Waals surface area contributed by atoms with E-state index in [1.165, 1.54) is 0 Å². The molecule has 0 aliphatic carbocycles. The number of hydrogen-bond donors (Lipinski definition) is 1. The minimum Gasteiger partial charge on any atom is -0.505 e. The van der Waals surface area contributed by atoms with Crippen LogP contribution in [-0.4, -0.2) is 5.11 Å². The summed E-state index contributed by atoms with van der Waals surface area (Å²) in [5, 5.41) is 8.82. The molecule has 5 heteroatoms. The molecular formula is C9H8Cl3FO. The average molecular weight is 258 g/mol. The summed E-state index contributed by atoms with van der Waals surface area (Å²) in [6.07, 6.45) is 0. The van der Waals surface area contributed by atoms with Crippen LogP contribution in [0.2, 0.25) is 15.1 Å². The Hall–Kier alpha value is -0.180. The topological polar surface area (TPSA) is 20.2 Å². The molecule has 0 heterocycles. The molecule has 0 aromatic heterocycles. The second-order valence-corrected chi connectivity index (χ2v) is 4.31. The van der Waals surface area contributed by atoms with E-state index in [-0.39, 0.29) is 16.0 Å². The van der Waals surface area contributed by atoms with Crippen molar-refractivity contribution in [3.63, 3.8) is 0 Å². The van der Waals surface area contributed by atoms with Gasteiger partial charge in [-0.05, 0) is 11.5 Å². The van der Waals surface area contributed by atoms with Crippen molar-refractivity contribution in [3.05, 3.63) is 26.4 Å². The van der Waals surface area contributed by atoms with Gasteiger partial charge < -0.3 is 5.11 Å². The fraction of sp³-hybridized carbons (Fsp3) is 0.333. The standard InChI is InChI=1S/C9H8Cl3FO/c1-3(2)4-5(10)8(13)7(12)9(14)6(4)11/h3,14H,1-2H3. The number of halogens is 4. The van der Waals surface area contributed by atoms with Gasteiger partial charge in [-0.15, -0.1) is 0 Å². The Balaban J connectivity index is 3.60. The molecular weight excluding hydrogens is 249 g/mol. The van der Waals surface area contributed by atoms with Crippen LogP contribution in [0.1, 0.15) is 25.3 Å².